The molecule has 1 aliphatic rings. The lowest BCUT2D eigenvalue weighted by molar-refractivity contribution is -0.142. The summed E-state index contributed by atoms with van der Waals surface area (Å²) in [5.41, 5.74) is 1.55. The van der Waals surface area contributed by atoms with Crippen LogP contribution in [0.15, 0.2) is 47.6 Å². The first-order valence-electron chi connectivity index (χ1n) is 8.05. The number of nitrogens with zero attached hydrogens (tertiary/aromatic N) is 2. The van der Waals surface area contributed by atoms with Crippen molar-refractivity contribution < 1.29 is 19.1 Å². The first kappa shape index (κ1) is 18.1. The number of carbonyl (C=O) groups is 1. The summed E-state index contributed by atoms with van der Waals surface area (Å²) in [7, 11) is 3.17. The van der Waals surface area contributed by atoms with Gasteiger partial charge in [0, 0.05) is 16.7 Å². The number of rotatable bonds is 5. The number of methoxy groups -OCH3 is 2. The van der Waals surface area contributed by atoms with Gasteiger partial charge in [-0.3, -0.25) is 9.69 Å². The van der Waals surface area contributed by atoms with Crippen LogP contribution in [0.5, 0.6) is 11.5 Å². The Hall–Kier alpha value is -2.73. The zero-order valence-electron chi connectivity index (χ0n) is 14.7. The van der Waals surface area contributed by atoms with Crippen LogP contribution in [-0.2, 0) is 16.2 Å². The third-order valence-electron chi connectivity index (χ3n) is 4.00. The van der Waals surface area contributed by atoms with Crippen LogP contribution < -0.4 is 9.47 Å². The molecule has 7 heteroatoms. The smallest absolute Gasteiger partial charge is 0.272 e. The molecule has 0 bridgehead atoms. The quantitative estimate of drug-likeness (QED) is 0.804. The van der Waals surface area contributed by atoms with E-state index in [2.05, 4.69) is 5.16 Å². The molecule has 0 spiro atoms. The van der Waals surface area contributed by atoms with Gasteiger partial charge in [0.2, 0.25) is 6.10 Å². The molecule has 1 amide bonds. The second kappa shape index (κ2) is 7.66. The summed E-state index contributed by atoms with van der Waals surface area (Å²) in [5, 5.41) is 4.69. The Balaban J connectivity index is 1.98. The molecular formula is C19H19ClN2O4. The van der Waals surface area contributed by atoms with Gasteiger partial charge in [-0.25, -0.2) is 0 Å². The summed E-state index contributed by atoms with van der Waals surface area (Å²) >= 11 is 6.08. The number of amidine groups is 1. The van der Waals surface area contributed by atoms with E-state index < -0.39 is 6.10 Å². The number of amides is 1. The summed E-state index contributed by atoms with van der Waals surface area (Å²) in [4.78, 5) is 19.6. The summed E-state index contributed by atoms with van der Waals surface area (Å²) < 4.78 is 10.6. The maximum absolute atomic E-state index is 12.7. The molecule has 0 radical (unpaired) electrons. The lowest BCUT2D eigenvalue weighted by Crippen LogP contribution is -2.46. The molecule has 3 rings (SSSR count). The zero-order chi connectivity index (χ0) is 18.7. The normalized spacial score (nSPS) is 16.8. The van der Waals surface area contributed by atoms with Crippen molar-refractivity contribution in [1.29, 1.82) is 0 Å². The van der Waals surface area contributed by atoms with Gasteiger partial charge in [0.1, 0.15) is 11.5 Å². The second-order valence-corrected chi connectivity index (χ2v) is 6.25. The summed E-state index contributed by atoms with van der Waals surface area (Å²) in [6, 6.07) is 12.6. The van der Waals surface area contributed by atoms with Crippen molar-refractivity contribution in [3.8, 4) is 11.5 Å². The Kier molecular flexibility index (Phi) is 5.32. The summed E-state index contributed by atoms with van der Waals surface area (Å²) in [6.45, 7) is 1.96. The van der Waals surface area contributed by atoms with Crippen LogP contribution >= 0.6 is 11.6 Å². The molecule has 6 nitrogen and oxygen atoms in total. The van der Waals surface area contributed by atoms with Crippen molar-refractivity contribution in [2.45, 2.75) is 19.6 Å². The molecule has 0 fully saturated rings. The van der Waals surface area contributed by atoms with Gasteiger partial charge in [0.15, 0.2) is 5.84 Å². The van der Waals surface area contributed by atoms with E-state index in [4.69, 9.17) is 25.9 Å². The maximum atomic E-state index is 12.7. The van der Waals surface area contributed by atoms with Crippen molar-refractivity contribution in [2.24, 2.45) is 5.16 Å². The van der Waals surface area contributed by atoms with Gasteiger partial charge in [-0.1, -0.05) is 28.9 Å². The average Bonchev–Trinajstić information content (AvgIpc) is 2.65. The molecular weight excluding hydrogens is 356 g/mol. The molecule has 2 aromatic rings. The van der Waals surface area contributed by atoms with Crippen LogP contribution in [0.1, 0.15) is 18.1 Å². The fourth-order valence-corrected chi connectivity index (χ4v) is 2.87. The van der Waals surface area contributed by atoms with Crippen LogP contribution in [0.25, 0.3) is 0 Å². The molecule has 1 aliphatic heterocycles. The Labute approximate surface area is 156 Å². The SMILES string of the molecule is COc1cc(CN2C(=O)C(C)ON=C2c2cccc(Cl)c2)cc(OC)c1. The Morgan fingerprint density at radius 3 is 2.46 bits per heavy atom. The third-order valence-corrected chi connectivity index (χ3v) is 4.24. The number of benzene rings is 2. The van der Waals surface area contributed by atoms with Gasteiger partial charge in [-0.15, -0.1) is 0 Å². The predicted octanol–water partition coefficient (Wildman–Crippen LogP) is 3.47. The van der Waals surface area contributed by atoms with Gasteiger partial charge < -0.3 is 14.3 Å². The molecule has 0 aliphatic carbocycles. The van der Waals surface area contributed by atoms with E-state index in [0.29, 0.717) is 34.5 Å². The molecule has 136 valence electrons. The lowest BCUT2D eigenvalue weighted by atomic mass is 10.1. The largest absolute Gasteiger partial charge is 0.497 e. The standard InChI is InChI=1S/C19H19ClN2O4/c1-12-19(23)22(11-13-7-16(24-2)10-17(8-13)25-3)18(21-26-12)14-5-4-6-15(20)9-14/h4-10,12H,11H2,1-3H3. The van der Waals surface area contributed by atoms with E-state index in [1.165, 1.54) is 0 Å². The maximum Gasteiger partial charge on any atom is 0.272 e. The highest BCUT2D eigenvalue weighted by molar-refractivity contribution is 6.31. The highest BCUT2D eigenvalue weighted by Crippen LogP contribution is 2.26. The van der Waals surface area contributed by atoms with Gasteiger partial charge in [-0.05, 0) is 36.8 Å². The first-order chi connectivity index (χ1) is 12.5. The van der Waals surface area contributed by atoms with E-state index in [1.807, 2.05) is 18.2 Å². The fourth-order valence-electron chi connectivity index (χ4n) is 2.68. The van der Waals surface area contributed by atoms with E-state index in [9.17, 15) is 4.79 Å². The van der Waals surface area contributed by atoms with Crippen LogP contribution in [-0.4, -0.2) is 37.0 Å². The number of carbonyl (C=O) groups excluding carboxylic acids is 1. The van der Waals surface area contributed by atoms with Gasteiger partial charge in [-0.2, -0.15) is 0 Å². The molecule has 2 aromatic carbocycles. The van der Waals surface area contributed by atoms with Gasteiger partial charge in [0.05, 0.1) is 20.8 Å². The molecule has 0 saturated heterocycles. The van der Waals surface area contributed by atoms with Crippen molar-refractivity contribution >= 4 is 23.3 Å². The average molecular weight is 375 g/mol. The lowest BCUT2D eigenvalue weighted by Gasteiger charge is -2.30. The Bertz CT molecular complexity index is 831. The molecule has 1 atom stereocenters. The van der Waals surface area contributed by atoms with E-state index >= 15 is 0 Å². The molecule has 1 heterocycles. The van der Waals surface area contributed by atoms with Crippen molar-refractivity contribution in [1.82, 2.24) is 4.90 Å². The third kappa shape index (κ3) is 3.75. The number of halogens is 1. The van der Waals surface area contributed by atoms with Gasteiger partial charge in [0.25, 0.3) is 5.91 Å². The minimum Gasteiger partial charge on any atom is -0.497 e. The first-order valence-corrected chi connectivity index (χ1v) is 8.42. The molecule has 0 N–H and O–H groups in total. The number of hydrogen-bond acceptors (Lipinski definition) is 5. The number of ether oxygens (including phenoxy) is 2. The second-order valence-electron chi connectivity index (χ2n) is 5.82. The minimum absolute atomic E-state index is 0.184. The van der Waals surface area contributed by atoms with Gasteiger partial charge >= 0.3 is 0 Å². The van der Waals surface area contributed by atoms with E-state index in [-0.39, 0.29) is 5.91 Å². The van der Waals surface area contributed by atoms with Crippen LogP contribution in [0.3, 0.4) is 0 Å². The Morgan fingerprint density at radius 1 is 1.15 bits per heavy atom. The molecule has 0 aromatic heterocycles. The van der Waals surface area contributed by atoms with Crippen LogP contribution in [0.4, 0.5) is 0 Å². The van der Waals surface area contributed by atoms with Crippen LogP contribution in [0.2, 0.25) is 5.02 Å². The summed E-state index contributed by atoms with van der Waals surface area (Å²) in [5.74, 6) is 1.53. The summed E-state index contributed by atoms with van der Waals surface area (Å²) in [6.07, 6.45) is -0.662. The van der Waals surface area contributed by atoms with E-state index in [0.717, 1.165) is 5.56 Å². The number of oxime groups is 1. The molecule has 0 saturated carbocycles. The monoisotopic (exact) mass is 374 g/mol. The van der Waals surface area contributed by atoms with Crippen LogP contribution in [0, 0.1) is 0 Å². The minimum atomic E-state index is -0.662. The van der Waals surface area contributed by atoms with Crippen molar-refractivity contribution in [2.75, 3.05) is 14.2 Å². The highest BCUT2D eigenvalue weighted by Gasteiger charge is 2.32. The molecule has 26 heavy (non-hydrogen) atoms. The highest BCUT2D eigenvalue weighted by atomic mass is 35.5. The zero-order valence-corrected chi connectivity index (χ0v) is 15.5. The fraction of sp³-hybridized carbons (Fsp3) is 0.263. The van der Waals surface area contributed by atoms with Crippen molar-refractivity contribution in [3.63, 3.8) is 0 Å². The van der Waals surface area contributed by atoms with Crippen molar-refractivity contribution in [3.05, 3.63) is 58.6 Å². The topological polar surface area (TPSA) is 60.4 Å². The molecule has 1 unspecified atom stereocenters. The number of hydrogen-bond donors (Lipinski definition) is 0. The van der Waals surface area contributed by atoms with E-state index in [1.54, 1.807) is 50.3 Å². The Morgan fingerprint density at radius 2 is 1.85 bits per heavy atom. The predicted molar refractivity (Wildman–Crippen MR) is 98.6 cm³/mol.